The number of anilines is 2. The molecule has 4 nitrogen and oxygen atoms in total. The van der Waals surface area contributed by atoms with Crippen molar-refractivity contribution in [2.75, 3.05) is 16.2 Å². The summed E-state index contributed by atoms with van der Waals surface area (Å²) in [5.41, 5.74) is 5.68. The van der Waals surface area contributed by atoms with Gasteiger partial charge in [0.2, 0.25) is 10.0 Å². The molecule has 1 rings (SSSR count). The highest BCUT2D eigenvalue weighted by molar-refractivity contribution is 7.92. The first-order chi connectivity index (χ1) is 6.94. The van der Waals surface area contributed by atoms with E-state index in [4.69, 9.17) is 5.73 Å². The largest absolute Gasteiger partial charge is 0.397 e. The van der Waals surface area contributed by atoms with Crippen LogP contribution in [0.5, 0.6) is 0 Å². The van der Waals surface area contributed by atoms with E-state index in [-0.39, 0.29) is 17.1 Å². The minimum Gasteiger partial charge on any atom is -0.397 e. The lowest BCUT2D eigenvalue weighted by atomic mass is 10.3. The summed E-state index contributed by atoms with van der Waals surface area (Å²) in [5, 5.41) is 0. The van der Waals surface area contributed by atoms with Crippen molar-refractivity contribution in [1.82, 2.24) is 0 Å². The molecule has 3 N–H and O–H groups in total. The smallest absolute Gasteiger partial charge is 0.236 e. The second-order valence-electron chi connectivity index (χ2n) is 2.90. The lowest BCUT2D eigenvalue weighted by Crippen LogP contribution is -2.16. The predicted octanol–water partition coefficient (Wildman–Crippen LogP) is 1.34. The average molecular weight is 230 g/mol. The Kier molecular flexibility index (Phi) is 3.31. The third-order valence-electron chi connectivity index (χ3n) is 1.62. The van der Waals surface area contributed by atoms with Crippen molar-refractivity contribution in [2.45, 2.75) is 0 Å². The molecule has 15 heavy (non-hydrogen) atoms. The van der Waals surface area contributed by atoms with Crippen LogP contribution in [0.3, 0.4) is 0 Å². The number of nitrogen functional groups attached to an aromatic ring is 1. The Morgan fingerprint density at radius 1 is 1.53 bits per heavy atom. The fourth-order valence-electron chi connectivity index (χ4n) is 0.981. The summed E-state index contributed by atoms with van der Waals surface area (Å²) < 4.78 is 37.6. The predicted molar refractivity (Wildman–Crippen MR) is 58.4 cm³/mol. The molecule has 0 amide bonds. The Bertz CT molecular complexity index is 471. The molecule has 6 heteroatoms. The summed E-state index contributed by atoms with van der Waals surface area (Å²) in [5.74, 6) is -0.802. The maximum absolute atomic E-state index is 12.8. The monoisotopic (exact) mass is 230 g/mol. The summed E-state index contributed by atoms with van der Waals surface area (Å²) in [6.45, 7) is 3.30. The SMILES string of the molecule is C=CCS(=O)(=O)Nc1cc(F)ccc1N. The zero-order valence-corrected chi connectivity index (χ0v) is 8.72. The molecule has 0 unspecified atom stereocenters. The number of rotatable bonds is 4. The third-order valence-corrected chi connectivity index (χ3v) is 2.82. The van der Waals surface area contributed by atoms with Crippen LogP contribution < -0.4 is 10.5 Å². The Morgan fingerprint density at radius 2 is 2.20 bits per heavy atom. The second-order valence-corrected chi connectivity index (χ2v) is 4.67. The van der Waals surface area contributed by atoms with Gasteiger partial charge in [-0.05, 0) is 12.1 Å². The summed E-state index contributed by atoms with van der Waals surface area (Å²) >= 11 is 0. The van der Waals surface area contributed by atoms with Crippen LogP contribution in [0.4, 0.5) is 15.8 Å². The zero-order chi connectivity index (χ0) is 11.5. The van der Waals surface area contributed by atoms with Crippen molar-refractivity contribution < 1.29 is 12.8 Å². The van der Waals surface area contributed by atoms with Crippen molar-refractivity contribution >= 4 is 21.4 Å². The van der Waals surface area contributed by atoms with Gasteiger partial charge in [0.25, 0.3) is 0 Å². The van der Waals surface area contributed by atoms with Crippen LogP contribution in [0.15, 0.2) is 30.9 Å². The lowest BCUT2D eigenvalue weighted by molar-refractivity contribution is 0.604. The van der Waals surface area contributed by atoms with Gasteiger partial charge in [0.15, 0.2) is 0 Å². The molecule has 0 heterocycles. The molecule has 0 bridgehead atoms. The van der Waals surface area contributed by atoms with Gasteiger partial charge >= 0.3 is 0 Å². The van der Waals surface area contributed by atoms with Gasteiger partial charge in [0.1, 0.15) is 5.82 Å². The molecule has 82 valence electrons. The van der Waals surface area contributed by atoms with Crippen LogP contribution >= 0.6 is 0 Å². The second kappa shape index (κ2) is 4.31. The number of hydrogen-bond donors (Lipinski definition) is 2. The molecule has 0 spiro atoms. The Labute approximate surface area is 87.7 Å². The number of hydrogen-bond acceptors (Lipinski definition) is 3. The van der Waals surface area contributed by atoms with Gasteiger partial charge in [-0.2, -0.15) is 0 Å². The van der Waals surface area contributed by atoms with Crippen LogP contribution in [0.1, 0.15) is 0 Å². The number of halogens is 1. The zero-order valence-electron chi connectivity index (χ0n) is 7.90. The van der Waals surface area contributed by atoms with Crippen molar-refractivity contribution in [2.24, 2.45) is 0 Å². The highest BCUT2D eigenvalue weighted by Crippen LogP contribution is 2.20. The van der Waals surface area contributed by atoms with Crippen LogP contribution in [-0.4, -0.2) is 14.2 Å². The van der Waals surface area contributed by atoms with E-state index in [2.05, 4.69) is 11.3 Å². The normalized spacial score (nSPS) is 11.0. The number of nitrogens with two attached hydrogens (primary N) is 1. The maximum atomic E-state index is 12.8. The first-order valence-corrected chi connectivity index (χ1v) is 5.76. The quantitative estimate of drug-likeness (QED) is 0.605. The van der Waals surface area contributed by atoms with E-state index >= 15 is 0 Å². The van der Waals surface area contributed by atoms with Crippen LogP contribution in [0.25, 0.3) is 0 Å². The first-order valence-electron chi connectivity index (χ1n) is 4.11. The van der Waals surface area contributed by atoms with E-state index in [1.54, 1.807) is 0 Å². The molecule has 0 atom stereocenters. The molecular formula is C9H11FN2O2S. The molecule has 0 saturated carbocycles. The molecule has 0 aliphatic carbocycles. The topological polar surface area (TPSA) is 72.2 Å². The van der Waals surface area contributed by atoms with E-state index in [1.807, 2.05) is 0 Å². The highest BCUT2D eigenvalue weighted by Gasteiger charge is 2.10. The molecule has 0 aliphatic heterocycles. The molecular weight excluding hydrogens is 219 g/mol. The van der Waals surface area contributed by atoms with Gasteiger partial charge in [-0.25, -0.2) is 12.8 Å². The summed E-state index contributed by atoms with van der Waals surface area (Å²) in [4.78, 5) is 0. The van der Waals surface area contributed by atoms with E-state index in [0.29, 0.717) is 0 Å². The van der Waals surface area contributed by atoms with E-state index in [9.17, 15) is 12.8 Å². The van der Waals surface area contributed by atoms with Gasteiger partial charge < -0.3 is 5.73 Å². The number of nitrogens with one attached hydrogen (secondary N) is 1. The molecule has 0 saturated heterocycles. The lowest BCUT2D eigenvalue weighted by Gasteiger charge is -2.08. The van der Waals surface area contributed by atoms with Crippen molar-refractivity contribution in [1.29, 1.82) is 0 Å². The molecule has 0 radical (unpaired) electrons. The number of benzene rings is 1. The highest BCUT2D eigenvalue weighted by atomic mass is 32.2. The molecule has 0 aliphatic rings. The van der Waals surface area contributed by atoms with Gasteiger partial charge in [0.05, 0.1) is 17.1 Å². The third kappa shape index (κ3) is 3.25. The summed E-state index contributed by atoms with van der Waals surface area (Å²) in [6.07, 6.45) is 1.23. The minimum atomic E-state index is -3.54. The Balaban J connectivity index is 2.99. The molecule has 0 fully saturated rings. The molecule has 1 aromatic carbocycles. The van der Waals surface area contributed by atoms with Crippen molar-refractivity contribution in [3.63, 3.8) is 0 Å². The van der Waals surface area contributed by atoms with Crippen LogP contribution in [-0.2, 0) is 10.0 Å². The van der Waals surface area contributed by atoms with Gasteiger partial charge in [-0.15, -0.1) is 6.58 Å². The molecule has 1 aromatic rings. The minimum absolute atomic E-state index is 0.0388. The van der Waals surface area contributed by atoms with Gasteiger partial charge in [-0.1, -0.05) is 6.08 Å². The summed E-state index contributed by atoms with van der Waals surface area (Å²) in [7, 11) is -3.54. The standard InChI is InChI=1S/C9H11FN2O2S/c1-2-5-15(13,14)12-9-6-7(10)3-4-8(9)11/h2-4,6,12H,1,5,11H2. The summed E-state index contributed by atoms with van der Waals surface area (Å²) in [6, 6.07) is 3.47. The van der Waals surface area contributed by atoms with Crippen molar-refractivity contribution in [3.8, 4) is 0 Å². The average Bonchev–Trinajstić information content (AvgIpc) is 2.10. The van der Waals surface area contributed by atoms with E-state index in [1.165, 1.54) is 12.1 Å². The maximum Gasteiger partial charge on any atom is 0.236 e. The van der Waals surface area contributed by atoms with Crippen LogP contribution in [0, 0.1) is 5.82 Å². The fraction of sp³-hybridized carbons (Fsp3) is 0.111. The van der Waals surface area contributed by atoms with Gasteiger partial charge in [0, 0.05) is 6.07 Å². The van der Waals surface area contributed by atoms with E-state index < -0.39 is 15.8 Å². The Morgan fingerprint density at radius 3 is 2.80 bits per heavy atom. The first kappa shape index (κ1) is 11.5. The van der Waals surface area contributed by atoms with E-state index in [0.717, 1.165) is 12.1 Å². The molecule has 0 aromatic heterocycles. The van der Waals surface area contributed by atoms with Gasteiger partial charge in [-0.3, -0.25) is 4.72 Å². The van der Waals surface area contributed by atoms with Crippen LogP contribution in [0.2, 0.25) is 0 Å². The number of sulfonamides is 1. The Hall–Kier alpha value is -1.56. The van der Waals surface area contributed by atoms with Crippen molar-refractivity contribution in [3.05, 3.63) is 36.7 Å². The fourth-order valence-corrected chi connectivity index (χ4v) is 1.89.